The number of carbonyl (C=O) groups is 1. The lowest BCUT2D eigenvalue weighted by Crippen LogP contribution is -2.56. The molecular formula is C18H28N2O. The second-order valence-corrected chi connectivity index (χ2v) is 6.65. The SMILES string of the molecule is CCNC(C)(C)C(=O)N(Cc1ccccc1)C(C)C1CC1. The van der Waals surface area contributed by atoms with Gasteiger partial charge in [0, 0.05) is 12.6 Å². The zero-order valence-electron chi connectivity index (χ0n) is 13.7. The van der Waals surface area contributed by atoms with E-state index in [4.69, 9.17) is 0 Å². The van der Waals surface area contributed by atoms with Gasteiger partial charge in [0.05, 0.1) is 5.54 Å². The molecule has 1 N–H and O–H groups in total. The number of carbonyl (C=O) groups excluding carboxylic acids is 1. The number of benzene rings is 1. The summed E-state index contributed by atoms with van der Waals surface area (Å²) in [5.74, 6) is 0.877. The minimum absolute atomic E-state index is 0.201. The van der Waals surface area contributed by atoms with E-state index in [1.807, 2.05) is 39.0 Å². The molecule has 1 aliphatic carbocycles. The van der Waals surface area contributed by atoms with Crippen LogP contribution in [0.25, 0.3) is 0 Å². The molecule has 1 saturated carbocycles. The van der Waals surface area contributed by atoms with Gasteiger partial charge < -0.3 is 10.2 Å². The van der Waals surface area contributed by atoms with Crippen LogP contribution in [0.2, 0.25) is 0 Å². The lowest BCUT2D eigenvalue weighted by Gasteiger charge is -2.36. The van der Waals surface area contributed by atoms with Gasteiger partial charge in [-0.2, -0.15) is 0 Å². The largest absolute Gasteiger partial charge is 0.334 e. The van der Waals surface area contributed by atoms with E-state index in [1.54, 1.807) is 0 Å². The molecule has 0 aliphatic heterocycles. The van der Waals surface area contributed by atoms with Gasteiger partial charge in [0.1, 0.15) is 0 Å². The van der Waals surface area contributed by atoms with Gasteiger partial charge in [0.2, 0.25) is 5.91 Å². The highest BCUT2D eigenvalue weighted by Gasteiger charge is 2.39. The molecule has 1 amide bonds. The Bertz CT molecular complexity index is 465. The predicted octanol–water partition coefficient (Wildman–Crippen LogP) is 3.20. The maximum Gasteiger partial charge on any atom is 0.242 e. The number of hydrogen-bond acceptors (Lipinski definition) is 2. The highest BCUT2D eigenvalue weighted by atomic mass is 16.2. The van der Waals surface area contributed by atoms with Gasteiger partial charge in [0.25, 0.3) is 0 Å². The Morgan fingerprint density at radius 2 is 1.95 bits per heavy atom. The van der Waals surface area contributed by atoms with E-state index in [9.17, 15) is 4.79 Å². The van der Waals surface area contributed by atoms with Crippen LogP contribution in [-0.4, -0.2) is 28.9 Å². The molecule has 0 radical (unpaired) electrons. The maximum atomic E-state index is 13.0. The lowest BCUT2D eigenvalue weighted by molar-refractivity contribution is -0.140. The van der Waals surface area contributed by atoms with Gasteiger partial charge in [-0.05, 0) is 51.6 Å². The standard InChI is InChI=1S/C18H28N2O/c1-5-19-18(3,4)17(21)20(14(2)16-11-12-16)13-15-9-7-6-8-10-15/h6-10,14,16,19H,5,11-13H2,1-4H3. The second-order valence-electron chi connectivity index (χ2n) is 6.65. The van der Waals surface area contributed by atoms with Crippen molar-refractivity contribution >= 4 is 5.91 Å². The summed E-state index contributed by atoms with van der Waals surface area (Å²) >= 11 is 0. The summed E-state index contributed by atoms with van der Waals surface area (Å²) in [4.78, 5) is 15.1. The first-order valence-electron chi connectivity index (χ1n) is 8.05. The van der Waals surface area contributed by atoms with Crippen molar-refractivity contribution in [3.05, 3.63) is 35.9 Å². The fourth-order valence-corrected chi connectivity index (χ4v) is 2.89. The van der Waals surface area contributed by atoms with Crippen molar-refractivity contribution < 1.29 is 4.79 Å². The summed E-state index contributed by atoms with van der Waals surface area (Å²) in [6, 6.07) is 10.6. The van der Waals surface area contributed by atoms with Crippen molar-refractivity contribution in [1.29, 1.82) is 0 Å². The van der Waals surface area contributed by atoms with Crippen molar-refractivity contribution in [2.45, 2.75) is 58.7 Å². The summed E-state index contributed by atoms with van der Waals surface area (Å²) in [7, 11) is 0. The van der Waals surface area contributed by atoms with Crippen molar-refractivity contribution in [1.82, 2.24) is 10.2 Å². The van der Waals surface area contributed by atoms with Crippen LogP contribution in [0.5, 0.6) is 0 Å². The van der Waals surface area contributed by atoms with Crippen molar-refractivity contribution in [3.8, 4) is 0 Å². The normalized spacial score (nSPS) is 16.6. The zero-order valence-corrected chi connectivity index (χ0v) is 13.7. The topological polar surface area (TPSA) is 32.3 Å². The first-order valence-corrected chi connectivity index (χ1v) is 8.05. The Morgan fingerprint density at radius 1 is 1.33 bits per heavy atom. The average molecular weight is 288 g/mol. The molecule has 3 nitrogen and oxygen atoms in total. The van der Waals surface area contributed by atoms with E-state index in [0.29, 0.717) is 18.5 Å². The van der Waals surface area contributed by atoms with Gasteiger partial charge in [-0.3, -0.25) is 4.79 Å². The highest BCUT2D eigenvalue weighted by molar-refractivity contribution is 5.85. The van der Waals surface area contributed by atoms with E-state index < -0.39 is 5.54 Å². The third-order valence-electron chi connectivity index (χ3n) is 4.41. The van der Waals surface area contributed by atoms with Gasteiger partial charge in [-0.25, -0.2) is 0 Å². The third-order valence-corrected chi connectivity index (χ3v) is 4.41. The molecule has 0 heterocycles. The van der Waals surface area contributed by atoms with E-state index in [0.717, 1.165) is 6.54 Å². The molecule has 1 aromatic carbocycles. The summed E-state index contributed by atoms with van der Waals surface area (Å²) < 4.78 is 0. The summed E-state index contributed by atoms with van der Waals surface area (Å²) in [6.45, 7) is 9.70. The minimum Gasteiger partial charge on any atom is -0.334 e. The number of amides is 1. The van der Waals surface area contributed by atoms with Crippen LogP contribution in [-0.2, 0) is 11.3 Å². The van der Waals surface area contributed by atoms with Gasteiger partial charge >= 0.3 is 0 Å². The molecule has 0 bridgehead atoms. The number of likely N-dealkylation sites (N-methyl/N-ethyl adjacent to an activating group) is 1. The fourth-order valence-electron chi connectivity index (χ4n) is 2.89. The second kappa shape index (κ2) is 6.61. The van der Waals surface area contributed by atoms with Crippen LogP contribution in [0, 0.1) is 5.92 Å². The molecule has 0 aromatic heterocycles. The third kappa shape index (κ3) is 4.07. The molecule has 1 aliphatic rings. The number of hydrogen-bond donors (Lipinski definition) is 1. The van der Waals surface area contributed by atoms with Crippen molar-refractivity contribution in [3.63, 3.8) is 0 Å². The molecule has 3 heteroatoms. The van der Waals surface area contributed by atoms with E-state index in [2.05, 4.69) is 29.3 Å². The smallest absolute Gasteiger partial charge is 0.242 e. The van der Waals surface area contributed by atoms with Gasteiger partial charge in [-0.15, -0.1) is 0 Å². The summed E-state index contributed by atoms with van der Waals surface area (Å²) in [5, 5.41) is 3.31. The van der Waals surface area contributed by atoms with Gasteiger partial charge in [0.15, 0.2) is 0 Å². The Balaban J connectivity index is 2.17. The lowest BCUT2D eigenvalue weighted by atomic mass is 10.00. The maximum absolute atomic E-state index is 13.0. The van der Waals surface area contributed by atoms with E-state index >= 15 is 0 Å². The Labute approximate surface area is 128 Å². The predicted molar refractivity (Wildman–Crippen MR) is 86.9 cm³/mol. The Kier molecular flexibility index (Phi) is 5.04. The van der Waals surface area contributed by atoms with Crippen molar-refractivity contribution in [2.24, 2.45) is 5.92 Å². The molecule has 1 unspecified atom stereocenters. The van der Waals surface area contributed by atoms with Crippen LogP contribution >= 0.6 is 0 Å². The molecule has 1 aromatic rings. The minimum atomic E-state index is -0.507. The highest BCUT2D eigenvalue weighted by Crippen LogP contribution is 2.36. The molecule has 1 fully saturated rings. The number of nitrogens with one attached hydrogen (secondary N) is 1. The average Bonchev–Trinajstić information content (AvgIpc) is 3.29. The molecule has 21 heavy (non-hydrogen) atoms. The van der Waals surface area contributed by atoms with Crippen LogP contribution in [0.3, 0.4) is 0 Å². The monoisotopic (exact) mass is 288 g/mol. The molecule has 116 valence electrons. The first-order chi connectivity index (χ1) is 9.95. The molecular weight excluding hydrogens is 260 g/mol. The Morgan fingerprint density at radius 3 is 2.48 bits per heavy atom. The van der Waals surface area contributed by atoms with Crippen LogP contribution in [0.15, 0.2) is 30.3 Å². The first kappa shape index (κ1) is 16.0. The van der Waals surface area contributed by atoms with E-state index in [1.165, 1.54) is 18.4 Å². The molecule has 0 spiro atoms. The number of rotatable bonds is 7. The van der Waals surface area contributed by atoms with Crippen molar-refractivity contribution in [2.75, 3.05) is 6.54 Å². The summed E-state index contributed by atoms with van der Waals surface area (Å²) in [5.41, 5.74) is 0.692. The van der Waals surface area contributed by atoms with E-state index in [-0.39, 0.29) is 5.91 Å². The molecule has 1 atom stereocenters. The van der Waals surface area contributed by atoms with Gasteiger partial charge in [-0.1, -0.05) is 37.3 Å². The quantitative estimate of drug-likeness (QED) is 0.835. The van der Waals surface area contributed by atoms with Crippen LogP contribution in [0.1, 0.15) is 46.1 Å². The Hall–Kier alpha value is -1.35. The summed E-state index contributed by atoms with van der Waals surface area (Å²) in [6.07, 6.45) is 2.50. The van der Waals surface area contributed by atoms with Crippen LogP contribution < -0.4 is 5.32 Å². The zero-order chi connectivity index (χ0) is 15.5. The molecule has 0 saturated heterocycles. The number of nitrogens with zero attached hydrogens (tertiary/aromatic N) is 1. The fraction of sp³-hybridized carbons (Fsp3) is 0.611. The molecule has 2 rings (SSSR count). The van der Waals surface area contributed by atoms with Crippen LogP contribution in [0.4, 0.5) is 0 Å².